The normalized spacial score (nSPS) is 11.7. The third kappa shape index (κ3) is 4.96. The Bertz CT molecular complexity index is 1410. The molecule has 1 aromatic carbocycles. The fraction of sp³-hybridized carbons (Fsp3) is 0.200. The van der Waals surface area contributed by atoms with Gasteiger partial charge in [-0.05, 0) is 36.8 Å². The van der Waals surface area contributed by atoms with Gasteiger partial charge in [-0.25, -0.2) is 9.78 Å². The molecule has 5 N–H and O–H groups in total. The van der Waals surface area contributed by atoms with Crippen LogP contribution in [0.5, 0.6) is 0 Å². The number of esters is 1. The number of fused-ring (bicyclic) bond motifs is 1. The minimum Gasteiger partial charge on any atom is -0.464 e. The number of aromatic nitrogens is 1. The molecule has 8 nitrogen and oxygen atoms in total. The van der Waals surface area contributed by atoms with Crippen LogP contribution in [0.1, 0.15) is 34.1 Å². The summed E-state index contributed by atoms with van der Waals surface area (Å²) in [4.78, 5) is 30.8. The van der Waals surface area contributed by atoms with E-state index in [0.717, 1.165) is 21.8 Å². The Morgan fingerprint density at radius 3 is 2.63 bits per heavy atom. The van der Waals surface area contributed by atoms with E-state index in [0.29, 0.717) is 28.6 Å². The largest absolute Gasteiger partial charge is 0.464 e. The first-order valence-electron chi connectivity index (χ1n) is 10.9. The van der Waals surface area contributed by atoms with Crippen molar-refractivity contribution in [2.24, 2.45) is 5.73 Å². The van der Waals surface area contributed by atoms with Crippen molar-refractivity contribution in [1.29, 1.82) is 5.26 Å². The lowest BCUT2D eigenvalue weighted by atomic mass is 10.0. The quantitative estimate of drug-likeness (QED) is 0.283. The van der Waals surface area contributed by atoms with Gasteiger partial charge >= 0.3 is 5.97 Å². The van der Waals surface area contributed by atoms with Gasteiger partial charge in [-0.1, -0.05) is 36.4 Å². The number of nitrogens with one attached hydrogen (secondary N) is 1. The maximum Gasteiger partial charge on any atom is 0.328 e. The van der Waals surface area contributed by atoms with Gasteiger partial charge in [0.1, 0.15) is 33.2 Å². The van der Waals surface area contributed by atoms with Crippen molar-refractivity contribution in [3.8, 4) is 16.5 Å². The lowest BCUT2D eigenvalue weighted by Gasteiger charge is -2.20. The zero-order valence-corrected chi connectivity index (χ0v) is 20.5. The van der Waals surface area contributed by atoms with E-state index >= 15 is 0 Å². The number of ether oxygens (including phenoxy) is 1. The van der Waals surface area contributed by atoms with Gasteiger partial charge in [-0.15, -0.1) is 22.7 Å². The second-order valence-electron chi connectivity index (χ2n) is 7.66. The number of pyridine rings is 1. The topological polar surface area (TPSA) is 144 Å². The van der Waals surface area contributed by atoms with E-state index in [2.05, 4.69) is 16.4 Å². The van der Waals surface area contributed by atoms with E-state index < -0.39 is 17.9 Å². The van der Waals surface area contributed by atoms with Crippen molar-refractivity contribution < 1.29 is 14.3 Å². The van der Waals surface area contributed by atoms with E-state index in [1.807, 2.05) is 47.8 Å². The minimum atomic E-state index is -0.740. The summed E-state index contributed by atoms with van der Waals surface area (Å²) in [6.45, 7) is 1.97. The van der Waals surface area contributed by atoms with Crippen LogP contribution in [0, 0.1) is 11.3 Å². The fourth-order valence-electron chi connectivity index (χ4n) is 3.83. The summed E-state index contributed by atoms with van der Waals surface area (Å²) >= 11 is 2.49. The Morgan fingerprint density at radius 1 is 1.23 bits per heavy atom. The molecule has 0 saturated carbocycles. The first-order chi connectivity index (χ1) is 16.9. The molecule has 0 aliphatic heterocycles. The first kappa shape index (κ1) is 24.2. The molecule has 0 aliphatic rings. The van der Waals surface area contributed by atoms with Crippen LogP contribution in [-0.4, -0.2) is 29.5 Å². The second-order valence-corrected chi connectivity index (χ2v) is 9.61. The number of aryl methyl sites for hydroxylation is 1. The number of benzene rings is 1. The first-order valence-corrected chi connectivity index (χ1v) is 12.6. The molecule has 4 aromatic rings. The number of hydrogen-bond donors (Lipinski definition) is 3. The van der Waals surface area contributed by atoms with Gasteiger partial charge in [0.05, 0.1) is 12.3 Å². The number of thiophene rings is 2. The summed E-state index contributed by atoms with van der Waals surface area (Å²) < 4.78 is 5.29. The van der Waals surface area contributed by atoms with Gasteiger partial charge < -0.3 is 21.5 Å². The number of nitrogens with two attached hydrogens (primary N) is 2. The number of amides is 1. The molecular formula is C25H23N5O3S2. The molecule has 1 atom stereocenters. The highest BCUT2D eigenvalue weighted by atomic mass is 32.1. The molecular weight excluding hydrogens is 482 g/mol. The molecule has 0 unspecified atom stereocenters. The van der Waals surface area contributed by atoms with Crippen molar-refractivity contribution in [3.05, 3.63) is 63.8 Å². The van der Waals surface area contributed by atoms with Crippen LogP contribution in [0.4, 0.5) is 11.5 Å². The molecule has 3 aromatic heterocycles. The average molecular weight is 506 g/mol. The van der Waals surface area contributed by atoms with Gasteiger partial charge in [0.15, 0.2) is 0 Å². The molecule has 0 bridgehead atoms. The van der Waals surface area contributed by atoms with Crippen LogP contribution in [-0.2, 0) is 16.0 Å². The van der Waals surface area contributed by atoms with Crippen molar-refractivity contribution in [2.75, 3.05) is 17.7 Å². The Kier molecular flexibility index (Phi) is 7.29. The number of anilines is 2. The van der Waals surface area contributed by atoms with E-state index in [-0.39, 0.29) is 28.6 Å². The van der Waals surface area contributed by atoms with Crippen LogP contribution in [0.25, 0.3) is 20.7 Å². The zero-order chi connectivity index (χ0) is 24.9. The lowest BCUT2D eigenvalue weighted by Crippen LogP contribution is -2.32. The smallest absolute Gasteiger partial charge is 0.328 e. The predicted molar refractivity (Wildman–Crippen MR) is 139 cm³/mol. The summed E-state index contributed by atoms with van der Waals surface area (Å²) in [6, 6.07) is 15.0. The van der Waals surface area contributed by atoms with Crippen molar-refractivity contribution in [3.63, 3.8) is 0 Å². The van der Waals surface area contributed by atoms with Gasteiger partial charge in [-0.2, -0.15) is 5.26 Å². The van der Waals surface area contributed by atoms with Crippen molar-refractivity contribution >= 4 is 56.3 Å². The fourth-order valence-corrected chi connectivity index (χ4v) is 5.57. The maximum atomic E-state index is 12.8. The molecule has 3 heterocycles. The summed E-state index contributed by atoms with van der Waals surface area (Å²) in [5.74, 6) is -0.870. The highest BCUT2D eigenvalue weighted by Gasteiger charge is 2.27. The highest BCUT2D eigenvalue weighted by Crippen LogP contribution is 2.44. The molecule has 0 radical (unpaired) electrons. The number of carbonyl (C=O) groups is 2. The van der Waals surface area contributed by atoms with Crippen LogP contribution >= 0.6 is 22.7 Å². The summed E-state index contributed by atoms with van der Waals surface area (Å²) in [5.41, 5.74) is 13.9. The Labute approximate surface area is 210 Å². The predicted octanol–water partition coefficient (Wildman–Crippen LogP) is 4.55. The van der Waals surface area contributed by atoms with Gasteiger partial charge in [0.25, 0.3) is 5.91 Å². The van der Waals surface area contributed by atoms with Crippen molar-refractivity contribution in [1.82, 2.24) is 4.98 Å². The van der Waals surface area contributed by atoms with Crippen LogP contribution in [0.3, 0.4) is 0 Å². The van der Waals surface area contributed by atoms with Crippen LogP contribution in [0.15, 0.2) is 47.8 Å². The number of carbonyl (C=O) groups excluding carboxylic acids is 2. The molecule has 0 saturated heterocycles. The standard InChI is InChI=1S/C25H23N5O3S2/c1-2-33-25(32)16(11-10-14-7-4-3-5-8-14)29-23-15(13-26)18(17-9-6-12-34-17)19-20(27)21(22(28)31)35-24(19)30-23/h3-9,12,16H,2,10-11,27H2,1H3,(H2,28,31)(H,29,30)/t16-/m0/s1. The maximum absolute atomic E-state index is 12.8. The zero-order valence-electron chi connectivity index (χ0n) is 18.9. The molecule has 178 valence electrons. The minimum absolute atomic E-state index is 0.178. The van der Waals surface area contributed by atoms with Crippen LogP contribution < -0.4 is 16.8 Å². The third-order valence-electron chi connectivity index (χ3n) is 5.43. The number of nitriles is 1. The third-order valence-corrected chi connectivity index (χ3v) is 7.43. The number of rotatable bonds is 9. The van der Waals surface area contributed by atoms with Gasteiger partial charge in [0.2, 0.25) is 0 Å². The van der Waals surface area contributed by atoms with E-state index in [4.69, 9.17) is 16.2 Å². The van der Waals surface area contributed by atoms with E-state index in [9.17, 15) is 14.9 Å². The number of hydrogen-bond acceptors (Lipinski definition) is 9. The molecule has 0 spiro atoms. The monoisotopic (exact) mass is 505 g/mol. The van der Waals surface area contributed by atoms with Gasteiger partial charge in [0, 0.05) is 15.8 Å². The van der Waals surface area contributed by atoms with Crippen LogP contribution in [0.2, 0.25) is 0 Å². The Balaban J connectivity index is 1.82. The summed E-state index contributed by atoms with van der Waals surface area (Å²) in [6.07, 6.45) is 1.05. The number of primary amides is 1. The lowest BCUT2D eigenvalue weighted by molar-refractivity contribution is -0.144. The summed E-state index contributed by atoms with van der Waals surface area (Å²) in [5, 5.41) is 15.7. The Morgan fingerprint density at radius 2 is 2.00 bits per heavy atom. The molecule has 35 heavy (non-hydrogen) atoms. The SMILES string of the molecule is CCOC(=O)[C@H](CCc1ccccc1)Nc1nc2sc(C(N)=O)c(N)c2c(-c2cccs2)c1C#N. The number of nitrogens with zero attached hydrogens (tertiary/aromatic N) is 2. The van der Waals surface area contributed by atoms with Crippen molar-refractivity contribution in [2.45, 2.75) is 25.8 Å². The molecule has 1 amide bonds. The molecule has 0 aliphatic carbocycles. The second kappa shape index (κ2) is 10.5. The van der Waals surface area contributed by atoms with E-state index in [1.165, 1.54) is 11.3 Å². The molecule has 0 fully saturated rings. The highest BCUT2D eigenvalue weighted by molar-refractivity contribution is 7.21. The van der Waals surface area contributed by atoms with E-state index in [1.54, 1.807) is 6.92 Å². The van der Waals surface area contributed by atoms with Gasteiger partial charge in [-0.3, -0.25) is 4.79 Å². The Hall–Kier alpha value is -3.94. The average Bonchev–Trinajstić information content (AvgIpc) is 3.50. The summed E-state index contributed by atoms with van der Waals surface area (Å²) in [7, 11) is 0. The molecule has 4 rings (SSSR count). The molecule has 10 heteroatoms. The number of nitrogen functional groups attached to an aromatic ring is 1.